The Balaban J connectivity index is 0.742. The van der Waals surface area contributed by atoms with Gasteiger partial charge in [-0.25, -0.2) is 0 Å². The predicted octanol–water partition coefficient (Wildman–Crippen LogP) is 28.0. The fourth-order valence-electron chi connectivity index (χ4n) is 15.4. The van der Waals surface area contributed by atoms with Crippen LogP contribution in [0.5, 0.6) is 0 Å². The summed E-state index contributed by atoms with van der Waals surface area (Å²) in [6.45, 7) is 0. The third-order valence-electron chi connectivity index (χ3n) is 20.2. The molecule has 0 unspecified atom stereocenters. The van der Waals surface area contributed by atoms with Crippen LogP contribution in [0.15, 0.2) is 400 Å². The second-order valence-corrected chi connectivity index (χ2v) is 26.2. The maximum absolute atomic E-state index is 2.37. The highest BCUT2D eigenvalue weighted by Gasteiger charge is 2.23. The fraction of sp³-hybridized carbons (Fsp3) is 0. The summed E-state index contributed by atoms with van der Waals surface area (Å²) in [6.07, 6.45) is 0. The Morgan fingerprint density at radius 1 is 0.0800 bits per heavy atom. The first-order valence-electron chi connectivity index (χ1n) is 34.6. The van der Waals surface area contributed by atoms with E-state index in [0.29, 0.717) is 0 Å². The van der Waals surface area contributed by atoms with Crippen molar-refractivity contribution in [3.63, 3.8) is 0 Å². The zero-order chi connectivity index (χ0) is 66.3. The van der Waals surface area contributed by atoms with Crippen molar-refractivity contribution in [3.05, 3.63) is 400 Å². The zero-order valence-electron chi connectivity index (χ0n) is 55.1. The quantitative estimate of drug-likeness (QED) is 0.101. The van der Waals surface area contributed by atoms with E-state index in [2.05, 4.69) is 400 Å². The van der Waals surface area contributed by atoms with Crippen LogP contribution in [-0.4, -0.2) is 0 Å². The van der Waals surface area contributed by atoms with E-state index >= 15 is 0 Å². The van der Waals surface area contributed by atoms with Crippen molar-refractivity contribution < 1.29 is 0 Å². The van der Waals surface area contributed by atoms with E-state index < -0.39 is 0 Å². The lowest BCUT2D eigenvalue weighted by Gasteiger charge is -2.22. The molecule has 18 aromatic carbocycles. The van der Waals surface area contributed by atoms with Crippen LogP contribution in [0.2, 0.25) is 0 Å². The van der Waals surface area contributed by atoms with Crippen molar-refractivity contribution in [2.45, 2.75) is 0 Å². The van der Waals surface area contributed by atoms with Gasteiger partial charge in [-0.3, -0.25) is 0 Å². The van der Waals surface area contributed by atoms with Crippen LogP contribution in [-0.2, 0) is 0 Å². The number of benzene rings is 18. The van der Waals surface area contributed by atoms with Gasteiger partial charge in [0.1, 0.15) is 0 Å². The van der Waals surface area contributed by atoms with Crippen molar-refractivity contribution in [2.24, 2.45) is 0 Å². The standard InChI is InChI=1S/C100H66/c1-5-25-67(26-6-1)75-33-21-37-79(57-75)85-61-83(62-86(65-85)80-38-22-34-76(58-80)68-27-7-2-8-28-68)71-49-53-73(54-50-71)97-89-41-13-17-45-93(89)99(94-46-18-14-42-90(94)97)100-95-47-19-15-43-91(95)98(92-44-16-20-48-96(92)100)74-55-51-72(52-56-74)84-63-87(81-39-23-35-77(59-81)69-29-9-3-10-30-69)66-88(64-84)82-40-24-36-78(60-82)70-31-11-4-12-32-70/h1-66H. The lowest BCUT2D eigenvalue weighted by Crippen LogP contribution is -1.94. The van der Waals surface area contributed by atoms with Crippen LogP contribution < -0.4 is 0 Å². The molecule has 0 atom stereocenters. The maximum Gasteiger partial charge on any atom is -0.00139 e. The van der Waals surface area contributed by atoms with Crippen LogP contribution in [0.4, 0.5) is 0 Å². The highest BCUT2D eigenvalue weighted by atomic mass is 14.3. The van der Waals surface area contributed by atoms with Crippen LogP contribution in [0.3, 0.4) is 0 Å². The summed E-state index contributed by atoms with van der Waals surface area (Å²) >= 11 is 0. The summed E-state index contributed by atoms with van der Waals surface area (Å²) in [5, 5.41) is 9.77. The lowest BCUT2D eigenvalue weighted by molar-refractivity contribution is 1.55. The molecule has 0 aliphatic carbocycles. The van der Waals surface area contributed by atoms with E-state index in [1.807, 2.05) is 0 Å². The highest BCUT2D eigenvalue weighted by molar-refractivity contribution is 6.30. The molecule has 0 fully saturated rings. The monoisotopic (exact) mass is 1270 g/mol. The molecule has 0 spiro atoms. The molecule has 0 nitrogen and oxygen atoms in total. The normalized spacial score (nSPS) is 11.4. The van der Waals surface area contributed by atoms with Gasteiger partial charge in [0.25, 0.3) is 0 Å². The molecular formula is C100H66. The summed E-state index contributed by atoms with van der Waals surface area (Å²) < 4.78 is 0. The molecule has 0 saturated heterocycles. The summed E-state index contributed by atoms with van der Waals surface area (Å²) in [4.78, 5) is 0. The number of hydrogen-bond acceptors (Lipinski definition) is 0. The van der Waals surface area contributed by atoms with Gasteiger partial charge in [0.2, 0.25) is 0 Å². The Hall–Kier alpha value is -13.0. The Bertz CT molecular complexity index is 5390. The van der Waals surface area contributed by atoms with Gasteiger partial charge in [0.05, 0.1) is 0 Å². The van der Waals surface area contributed by atoms with Gasteiger partial charge in [0.15, 0.2) is 0 Å². The minimum absolute atomic E-state index is 1.16. The Morgan fingerprint density at radius 3 is 0.440 bits per heavy atom. The molecule has 466 valence electrons. The second kappa shape index (κ2) is 25.9. The molecule has 0 radical (unpaired) electrons. The Labute approximate surface area is 584 Å². The molecule has 0 aromatic heterocycles. The molecule has 18 aromatic rings. The summed E-state index contributed by atoms with van der Waals surface area (Å²) in [7, 11) is 0. The number of hydrogen-bond donors (Lipinski definition) is 0. The van der Waals surface area contributed by atoms with Crippen molar-refractivity contribution in [1.82, 2.24) is 0 Å². The molecule has 0 heteroatoms. The third kappa shape index (κ3) is 11.2. The third-order valence-corrected chi connectivity index (χ3v) is 20.2. The van der Waals surface area contributed by atoms with Crippen LogP contribution in [0, 0.1) is 0 Å². The zero-order valence-corrected chi connectivity index (χ0v) is 55.1. The van der Waals surface area contributed by atoms with Gasteiger partial charge < -0.3 is 0 Å². The Morgan fingerprint density at radius 2 is 0.220 bits per heavy atom. The van der Waals surface area contributed by atoms with Gasteiger partial charge >= 0.3 is 0 Å². The van der Waals surface area contributed by atoms with Crippen molar-refractivity contribution in [1.29, 1.82) is 0 Å². The van der Waals surface area contributed by atoms with E-state index in [4.69, 9.17) is 0 Å². The Kier molecular flexibility index (Phi) is 15.4. The largest absolute Gasteiger partial charge is 0.0622 e. The molecule has 0 aliphatic rings. The molecule has 100 heavy (non-hydrogen) atoms. The van der Waals surface area contributed by atoms with Crippen LogP contribution in [0.1, 0.15) is 0 Å². The highest BCUT2D eigenvalue weighted by Crippen LogP contribution is 2.51. The van der Waals surface area contributed by atoms with Crippen molar-refractivity contribution >= 4 is 43.1 Å². The average Bonchev–Trinajstić information content (AvgIpc) is 0.708. The minimum Gasteiger partial charge on any atom is -0.0622 e. The van der Waals surface area contributed by atoms with E-state index in [1.165, 1.54) is 177 Å². The van der Waals surface area contributed by atoms with Crippen molar-refractivity contribution in [3.8, 4) is 145 Å². The molecule has 0 N–H and O–H groups in total. The van der Waals surface area contributed by atoms with Gasteiger partial charge in [-0.1, -0.05) is 340 Å². The molecule has 0 heterocycles. The molecule has 18 rings (SSSR count). The van der Waals surface area contributed by atoms with Gasteiger partial charge in [-0.05, 0) is 248 Å². The molecule has 0 saturated carbocycles. The van der Waals surface area contributed by atoms with E-state index in [1.54, 1.807) is 0 Å². The van der Waals surface area contributed by atoms with E-state index in [0.717, 1.165) is 11.1 Å². The van der Waals surface area contributed by atoms with E-state index in [9.17, 15) is 0 Å². The first-order valence-corrected chi connectivity index (χ1v) is 34.6. The summed E-state index contributed by atoms with van der Waals surface area (Å²) in [6, 6.07) is 148. The first kappa shape index (κ1) is 59.5. The SMILES string of the molecule is c1ccc(-c2cccc(-c3cc(-c4ccc(-c5c6ccccc6c(-c6c7ccccc7c(-c7ccc(-c8cc(-c9cccc(-c%10ccccc%10)c9)cc(-c9cccc(-c%10ccccc%10)c9)c8)cc7)c7ccccc67)c6ccccc56)cc4)cc(-c4cccc(-c5ccccc5)c4)c3)c2)cc1. The van der Waals surface area contributed by atoms with Crippen LogP contribution in [0.25, 0.3) is 188 Å². The number of rotatable bonds is 13. The average molecular weight is 1270 g/mol. The predicted molar refractivity (Wildman–Crippen MR) is 427 cm³/mol. The summed E-state index contributed by atoms with van der Waals surface area (Å²) in [5.41, 5.74) is 31.0. The van der Waals surface area contributed by atoms with Crippen LogP contribution >= 0.6 is 0 Å². The molecule has 0 amide bonds. The molecular weight excluding hydrogens is 1200 g/mol. The van der Waals surface area contributed by atoms with Gasteiger partial charge in [-0.15, -0.1) is 0 Å². The minimum atomic E-state index is 1.16. The topological polar surface area (TPSA) is 0 Å². The molecule has 0 aliphatic heterocycles. The second-order valence-electron chi connectivity index (χ2n) is 26.2. The number of fused-ring (bicyclic) bond motifs is 4. The van der Waals surface area contributed by atoms with Gasteiger partial charge in [-0.2, -0.15) is 0 Å². The lowest BCUT2D eigenvalue weighted by atomic mass is 9.81. The molecule has 0 bridgehead atoms. The smallest absolute Gasteiger partial charge is 0.00139 e. The maximum atomic E-state index is 2.37. The van der Waals surface area contributed by atoms with E-state index in [-0.39, 0.29) is 0 Å². The first-order chi connectivity index (χ1) is 49.6. The summed E-state index contributed by atoms with van der Waals surface area (Å²) in [5.74, 6) is 0. The van der Waals surface area contributed by atoms with Crippen molar-refractivity contribution in [2.75, 3.05) is 0 Å². The fourth-order valence-corrected chi connectivity index (χ4v) is 15.4. The van der Waals surface area contributed by atoms with Gasteiger partial charge in [0, 0.05) is 0 Å².